The molecule has 0 atom stereocenters. The van der Waals surface area contributed by atoms with Gasteiger partial charge in [-0.1, -0.05) is 6.08 Å². The molecule has 4 heteroatoms. The summed E-state index contributed by atoms with van der Waals surface area (Å²) in [6.45, 7) is 3.62. The van der Waals surface area contributed by atoms with Crippen LogP contribution in [0.15, 0.2) is 24.9 Å². The maximum atomic E-state index is 10.7. The predicted octanol–water partition coefficient (Wildman–Crippen LogP) is 2.44. The number of aromatic nitrogens is 1. The van der Waals surface area contributed by atoms with E-state index in [1.165, 1.54) is 0 Å². The Kier molecular flexibility index (Phi) is 3.45. The molecule has 4 nitrogen and oxygen atoms in total. The quantitative estimate of drug-likeness (QED) is 0.313. The van der Waals surface area contributed by atoms with Crippen LogP contribution in [0, 0.1) is 10.1 Å². The highest BCUT2D eigenvalue weighted by molar-refractivity contribution is 5.34. The van der Waals surface area contributed by atoms with Crippen molar-refractivity contribution >= 4 is 5.82 Å². The first-order valence-electron chi connectivity index (χ1n) is 4.56. The molecule has 1 heterocycles. The normalized spacial score (nSPS) is 10.1. The van der Waals surface area contributed by atoms with E-state index < -0.39 is 0 Å². The van der Waals surface area contributed by atoms with Crippen LogP contribution in [0.3, 0.4) is 0 Å². The van der Waals surface area contributed by atoms with Gasteiger partial charge < -0.3 is 10.1 Å². The van der Waals surface area contributed by atoms with Gasteiger partial charge in [0.05, 0.1) is 13.2 Å². The predicted molar refractivity (Wildman–Crippen MR) is 55.2 cm³/mol. The zero-order valence-corrected chi connectivity index (χ0v) is 8.27. The summed E-state index contributed by atoms with van der Waals surface area (Å²) in [7, 11) is 1.69. The molecule has 0 bridgehead atoms. The second-order valence-corrected chi connectivity index (χ2v) is 3.21. The first-order chi connectivity index (χ1) is 6.66. The van der Waals surface area contributed by atoms with Gasteiger partial charge in [-0.3, -0.25) is 0 Å². The van der Waals surface area contributed by atoms with Crippen LogP contribution >= 0.6 is 0 Å². The van der Waals surface area contributed by atoms with Gasteiger partial charge in [0, 0.05) is 5.56 Å². The van der Waals surface area contributed by atoms with Gasteiger partial charge in [0.2, 0.25) is 0 Å². The van der Waals surface area contributed by atoms with Gasteiger partial charge in [-0.15, -0.1) is 6.58 Å². The van der Waals surface area contributed by atoms with Gasteiger partial charge in [-0.25, -0.2) is 4.57 Å². The molecular weight excluding hydrogens is 180 g/mol. The number of hydrogen-bond acceptors (Lipinski definition) is 2. The molecule has 0 amide bonds. The van der Waals surface area contributed by atoms with Crippen molar-refractivity contribution in [2.75, 3.05) is 0 Å². The van der Waals surface area contributed by atoms with Crippen LogP contribution in [0.5, 0.6) is 0 Å². The second-order valence-electron chi connectivity index (χ2n) is 3.21. The van der Waals surface area contributed by atoms with Gasteiger partial charge in [0.1, 0.15) is 0 Å². The molecule has 0 aliphatic heterocycles. The molecule has 1 aromatic rings. The molecule has 0 aromatic carbocycles. The van der Waals surface area contributed by atoms with Crippen LogP contribution in [0.1, 0.15) is 18.4 Å². The molecule has 0 N–H and O–H groups in total. The van der Waals surface area contributed by atoms with Crippen LogP contribution in [0.2, 0.25) is 0 Å². The van der Waals surface area contributed by atoms with Crippen molar-refractivity contribution in [3.8, 4) is 0 Å². The van der Waals surface area contributed by atoms with Crippen molar-refractivity contribution in [3.63, 3.8) is 0 Å². The van der Waals surface area contributed by atoms with Crippen LogP contribution in [0.4, 0.5) is 5.82 Å². The van der Waals surface area contributed by atoms with Crippen LogP contribution < -0.4 is 0 Å². The maximum Gasteiger partial charge on any atom is 0.325 e. The summed E-state index contributed by atoms with van der Waals surface area (Å²) >= 11 is 0. The second kappa shape index (κ2) is 4.60. The molecule has 14 heavy (non-hydrogen) atoms. The molecule has 0 unspecified atom stereocenters. The zero-order valence-electron chi connectivity index (χ0n) is 8.27. The zero-order chi connectivity index (χ0) is 10.6. The summed E-state index contributed by atoms with van der Waals surface area (Å²) in [6, 6.07) is 1.81. The first-order valence-corrected chi connectivity index (χ1v) is 4.56. The molecule has 0 radical (unpaired) electrons. The van der Waals surface area contributed by atoms with Crippen molar-refractivity contribution in [2.24, 2.45) is 7.05 Å². The number of nitrogens with zero attached hydrogens (tertiary/aromatic N) is 2. The van der Waals surface area contributed by atoms with Crippen molar-refractivity contribution in [2.45, 2.75) is 19.3 Å². The summed E-state index contributed by atoms with van der Waals surface area (Å²) in [5, 5.41) is 10.7. The number of aryl methyl sites for hydroxylation is 2. The first kappa shape index (κ1) is 10.5. The molecule has 0 aliphatic carbocycles. The van der Waals surface area contributed by atoms with Gasteiger partial charge in [-0.05, 0) is 30.3 Å². The van der Waals surface area contributed by atoms with E-state index in [2.05, 4.69) is 6.58 Å². The monoisotopic (exact) mass is 194 g/mol. The number of allylic oxidation sites excluding steroid dienone is 1. The summed E-state index contributed by atoms with van der Waals surface area (Å²) < 4.78 is 1.54. The van der Waals surface area contributed by atoms with Gasteiger partial charge >= 0.3 is 5.82 Å². The Labute approximate surface area is 83.0 Å². The van der Waals surface area contributed by atoms with E-state index in [0.29, 0.717) is 0 Å². The third-order valence-electron chi connectivity index (χ3n) is 2.15. The summed E-state index contributed by atoms with van der Waals surface area (Å²) in [6.07, 6.45) is 6.10. The Bertz CT molecular complexity index is 342. The summed E-state index contributed by atoms with van der Waals surface area (Å²) in [4.78, 5) is 10.4. The Balaban J connectivity index is 2.76. The molecular formula is C10H14N2O2. The Morgan fingerprint density at radius 1 is 1.71 bits per heavy atom. The van der Waals surface area contributed by atoms with E-state index in [-0.39, 0.29) is 10.7 Å². The third-order valence-corrected chi connectivity index (χ3v) is 2.15. The molecule has 0 saturated carbocycles. The highest BCUT2D eigenvalue weighted by Crippen LogP contribution is 2.20. The molecule has 76 valence electrons. The fourth-order valence-corrected chi connectivity index (χ4v) is 1.45. The van der Waals surface area contributed by atoms with E-state index in [1.54, 1.807) is 23.9 Å². The average molecular weight is 194 g/mol. The molecule has 0 fully saturated rings. The van der Waals surface area contributed by atoms with E-state index >= 15 is 0 Å². The van der Waals surface area contributed by atoms with Gasteiger partial charge in [-0.2, -0.15) is 0 Å². The van der Waals surface area contributed by atoms with Crippen molar-refractivity contribution in [3.05, 3.63) is 40.6 Å². The largest absolute Gasteiger partial charge is 0.358 e. The van der Waals surface area contributed by atoms with Crippen molar-refractivity contribution < 1.29 is 4.92 Å². The highest BCUT2D eigenvalue weighted by atomic mass is 16.6. The van der Waals surface area contributed by atoms with Crippen molar-refractivity contribution in [1.29, 1.82) is 0 Å². The van der Waals surface area contributed by atoms with E-state index in [4.69, 9.17) is 0 Å². The molecule has 1 rings (SSSR count). The van der Waals surface area contributed by atoms with Gasteiger partial charge in [0.15, 0.2) is 0 Å². The Hall–Kier alpha value is -1.58. The Morgan fingerprint density at radius 2 is 2.43 bits per heavy atom. The number of nitro groups is 1. The lowest BCUT2D eigenvalue weighted by molar-refractivity contribution is -0.392. The van der Waals surface area contributed by atoms with Crippen LogP contribution in [-0.4, -0.2) is 9.49 Å². The number of unbranched alkanes of at least 4 members (excludes halogenated alkanes) is 1. The molecule has 0 saturated heterocycles. The fourth-order valence-electron chi connectivity index (χ4n) is 1.45. The van der Waals surface area contributed by atoms with E-state index in [9.17, 15) is 10.1 Å². The average Bonchev–Trinajstić information content (AvgIpc) is 2.47. The lowest BCUT2D eigenvalue weighted by Crippen LogP contribution is -1.99. The van der Waals surface area contributed by atoms with Gasteiger partial charge in [0.25, 0.3) is 0 Å². The van der Waals surface area contributed by atoms with Crippen LogP contribution in [-0.2, 0) is 13.5 Å². The van der Waals surface area contributed by atoms with Crippen molar-refractivity contribution in [1.82, 2.24) is 4.57 Å². The summed E-state index contributed by atoms with van der Waals surface area (Å²) in [5.74, 6) is 0.203. The molecule has 0 aliphatic rings. The minimum atomic E-state index is -0.330. The molecule has 0 spiro atoms. The fraction of sp³-hybridized carbons (Fsp3) is 0.400. The Morgan fingerprint density at radius 3 is 3.00 bits per heavy atom. The lowest BCUT2D eigenvalue weighted by atomic mass is 10.1. The highest BCUT2D eigenvalue weighted by Gasteiger charge is 2.15. The third kappa shape index (κ3) is 2.22. The summed E-state index contributed by atoms with van der Waals surface area (Å²) in [5.41, 5.74) is 0.805. The minimum absolute atomic E-state index is 0.203. The molecule has 1 aromatic heterocycles. The minimum Gasteiger partial charge on any atom is -0.358 e. The van der Waals surface area contributed by atoms with E-state index in [0.717, 1.165) is 24.8 Å². The standard InChI is InChI=1S/C10H14N2O2/c1-3-4-5-6-9-7-8-11(2)10(9)12(13)14/h3,7-8H,1,4-6H2,2H3. The smallest absolute Gasteiger partial charge is 0.325 e. The number of hydrogen-bond donors (Lipinski definition) is 0. The van der Waals surface area contributed by atoms with E-state index in [1.807, 2.05) is 6.08 Å². The van der Waals surface area contributed by atoms with Crippen LogP contribution in [0.25, 0.3) is 0 Å². The topological polar surface area (TPSA) is 48.1 Å². The number of rotatable bonds is 5. The lowest BCUT2D eigenvalue weighted by Gasteiger charge is -1.99. The maximum absolute atomic E-state index is 10.7. The SMILES string of the molecule is C=CCCCc1ccn(C)c1[N+](=O)[O-].